The van der Waals surface area contributed by atoms with Crippen LogP contribution < -0.4 is 0 Å². The normalized spacial score (nSPS) is 63.9. The van der Waals surface area contributed by atoms with Crippen molar-refractivity contribution in [3.63, 3.8) is 0 Å². The Hall–Kier alpha value is -0.0400. The molecular formula is C9H14O. The molecule has 0 radical (unpaired) electrons. The molecule has 4 rings (SSSR count). The first-order valence-electron chi connectivity index (χ1n) is 4.52. The zero-order valence-corrected chi connectivity index (χ0v) is 6.21. The molecule has 2 bridgehead atoms. The molecule has 4 saturated carbocycles. The number of hydrogen-bond acceptors (Lipinski definition) is 1. The Labute approximate surface area is 61.4 Å². The molecule has 0 aromatic heterocycles. The van der Waals surface area contributed by atoms with Gasteiger partial charge in [-0.3, -0.25) is 0 Å². The van der Waals surface area contributed by atoms with Gasteiger partial charge in [0.05, 0.1) is 5.60 Å². The van der Waals surface area contributed by atoms with E-state index in [0.717, 1.165) is 30.6 Å². The van der Waals surface area contributed by atoms with Crippen molar-refractivity contribution >= 4 is 0 Å². The van der Waals surface area contributed by atoms with Crippen molar-refractivity contribution in [1.29, 1.82) is 0 Å². The molecule has 0 amide bonds. The Morgan fingerprint density at radius 1 is 1.20 bits per heavy atom. The molecule has 2 atom stereocenters. The standard InChI is InChI=1S/C9H14O/c10-9-3-1-6(2-4-9)7-5-8(7)9/h6-8,10H,1-5H2. The molecule has 56 valence electrons. The van der Waals surface area contributed by atoms with Gasteiger partial charge in [0.2, 0.25) is 0 Å². The first-order chi connectivity index (χ1) is 4.80. The maximum atomic E-state index is 10.0. The van der Waals surface area contributed by atoms with E-state index in [4.69, 9.17) is 0 Å². The highest BCUT2D eigenvalue weighted by molar-refractivity contribution is 5.11. The van der Waals surface area contributed by atoms with E-state index in [1.165, 1.54) is 19.3 Å². The quantitative estimate of drug-likeness (QED) is 0.538. The molecule has 0 spiro atoms. The molecule has 1 heteroatoms. The summed E-state index contributed by atoms with van der Waals surface area (Å²) in [5, 5.41) is 10.0. The van der Waals surface area contributed by atoms with Crippen LogP contribution >= 0.6 is 0 Å². The topological polar surface area (TPSA) is 20.2 Å². The van der Waals surface area contributed by atoms with E-state index in [9.17, 15) is 5.11 Å². The van der Waals surface area contributed by atoms with Crippen LogP contribution in [0.4, 0.5) is 0 Å². The van der Waals surface area contributed by atoms with E-state index in [1.807, 2.05) is 0 Å². The van der Waals surface area contributed by atoms with Crippen molar-refractivity contribution in [2.24, 2.45) is 17.8 Å². The van der Waals surface area contributed by atoms with Gasteiger partial charge in [-0.15, -0.1) is 0 Å². The highest BCUT2D eigenvalue weighted by Crippen LogP contribution is 2.64. The van der Waals surface area contributed by atoms with Crippen molar-refractivity contribution in [1.82, 2.24) is 0 Å². The summed E-state index contributed by atoms with van der Waals surface area (Å²) < 4.78 is 0. The summed E-state index contributed by atoms with van der Waals surface area (Å²) in [5.74, 6) is 2.70. The largest absolute Gasteiger partial charge is 0.390 e. The summed E-state index contributed by atoms with van der Waals surface area (Å²) in [5.41, 5.74) is -0.181. The van der Waals surface area contributed by atoms with Gasteiger partial charge in [0.1, 0.15) is 0 Å². The van der Waals surface area contributed by atoms with Crippen molar-refractivity contribution in [2.75, 3.05) is 0 Å². The van der Waals surface area contributed by atoms with E-state index < -0.39 is 0 Å². The van der Waals surface area contributed by atoms with Gasteiger partial charge in [-0.05, 0) is 49.9 Å². The SMILES string of the molecule is OC12CCC(CC1)C1CC12. The summed E-state index contributed by atoms with van der Waals surface area (Å²) >= 11 is 0. The number of hydrogen-bond donors (Lipinski definition) is 1. The van der Waals surface area contributed by atoms with Crippen LogP contribution in [-0.2, 0) is 0 Å². The van der Waals surface area contributed by atoms with Crippen LogP contribution in [0.3, 0.4) is 0 Å². The average molecular weight is 138 g/mol. The molecule has 0 aliphatic heterocycles. The maximum absolute atomic E-state index is 10.0. The third-order valence-electron chi connectivity index (χ3n) is 4.03. The fraction of sp³-hybridized carbons (Fsp3) is 1.00. The predicted octanol–water partition coefficient (Wildman–Crippen LogP) is 1.56. The number of rotatable bonds is 0. The average Bonchev–Trinajstić information content (AvgIpc) is 2.68. The minimum Gasteiger partial charge on any atom is -0.390 e. The molecule has 0 aromatic rings. The molecule has 0 aromatic carbocycles. The molecule has 0 saturated heterocycles. The molecule has 0 heterocycles. The molecular weight excluding hydrogens is 124 g/mol. The fourth-order valence-corrected chi connectivity index (χ4v) is 3.29. The van der Waals surface area contributed by atoms with Crippen LogP contribution in [-0.4, -0.2) is 10.7 Å². The first kappa shape index (κ1) is 5.59. The van der Waals surface area contributed by atoms with Crippen molar-refractivity contribution in [2.45, 2.75) is 37.7 Å². The Morgan fingerprint density at radius 3 is 2.40 bits per heavy atom. The molecule has 4 fully saturated rings. The van der Waals surface area contributed by atoms with Crippen LogP contribution in [0.15, 0.2) is 0 Å². The molecule has 4 aliphatic carbocycles. The van der Waals surface area contributed by atoms with Gasteiger partial charge in [-0.1, -0.05) is 0 Å². The molecule has 2 unspecified atom stereocenters. The highest BCUT2D eigenvalue weighted by Gasteiger charge is 2.60. The van der Waals surface area contributed by atoms with E-state index >= 15 is 0 Å². The lowest BCUT2D eigenvalue weighted by molar-refractivity contribution is -0.0655. The summed E-state index contributed by atoms with van der Waals surface area (Å²) in [6.07, 6.45) is 6.20. The van der Waals surface area contributed by atoms with Gasteiger partial charge in [0.15, 0.2) is 0 Å². The molecule has 10 heavy (non-hydrogen) atoms. The maximum Gasteiger partial charge on any atom is 0.0678 e. The summed E-state index contributed by atoms with van der Waals surface area (Å²) in [6, 6.07) is 0. The van der Waals surface area contributed by atoms with Crippen molar-refractivity contribution in [3.8, 4) is 0 Å². The lowest BCUT2D eigenvalue weighted by Crippen LogP contribution is -2.42. The lowest BCUT2D eigenvalue weighted by Gasteiger charge is -2.42. The van der Waals surface area contributed by atoms with Crippen molar-refractivity contribution in [3.05, 3.63) is 0 Å². The van der Waals surface area contributed by atoms with Gasteiger partial charge < -0.3 is 5.11 Å². The highest BCUT2D eigenvalue weighted by atomic mass is 16.3. The first-order valence-corrected chi connectivity index (χ1v) is 4.52. The zero-order valence-electron chi connectivity index (χ0n) is 6.21. The summed E-state index contributed by atoms with van der Waals surface area (Å²) in [4.78, 5) is 0. The second kappa shape index (κ2) is 1.42. The Balaban J connectivity index is 1.98. The smallest absolute Gasteiger partial charge is 0.0678 e. The summed E-state index contributed by atoms with van der Waals surface area (Å²) in [7, 11) is 0. The minimum atomic E-state index is -0.181. The Bertz CT molecular complexity index is 168. The third kappa shape index (κ3) is 0.493. The molecule has 1 nitrogen and oxygen atoms in total. The molecule has 1 N–H and O–H groups in total. The van der Waals surface area contributed by atoms with Gasteiger partial charge >= 0.3 is 0 Å². The van der Waals surface area contributed by atoms with Gasteiger partial charge in [-0.2, -0.15) is 0 Å². The number of aliphatic hydroxyl groups is 1. The van der Waals surface area contributed by atoms with E-state index in [1.54, 1.807) is 0 Å². The third-order valence-corrected chi connectivity index (χ3v) is 4.03. The van der Waals surface area contributed by atoms with Gasteiger partial charge in [0, 0.05) is 0 Å². The van der Waals surface area contributed by atoms with Gasteiger partial charge in [-0.25, -0.2) is 0 Å². The number of fused-ring (bicyclic) bond motifs is 2. The lowest BCUT2D eigenvalue weighted by atomic mass is 9.68. The van der Waals surface area contributed by atoms with Crippen LogP contribution in [0.2, 0.25) is 0 Å². The second-order valence-corrected chi connectivity index (χ2v) is 4.45. The zero-order chi connectivity index (χ0) is 6.77. The molecule has 4 aliphatic rings. The van der Waals surface area contributed by atoms with Crippen LogP contribution in [0.25, 0.3) is 0 Å². The minimum absolute atomic E-state index is 0.181. The summed E-state index contributed by atoms with van der Waals surface area (Å²) in [6.45, 7) is 0. The van der Waals surface area contributed by atoms with E-state index in [2.05, 4.69) is 0 Å². The Kier molecular flexibility index (Phi) is 0.797. The van der Waals surface area contributed by atoms with Gasteiger partial charge in [0.25, 0.3) is 0 Å². The predicted molar refractivity (Wildman–Crippen MR) is 38.5 cm³/mol. The van der Waals surface area contributed by atoms with Crippen LogP contribution in [0.1, 0.15) is 32.1 Å². The monoisotopic (exact) mass is 138 g/mol. The fourth-order valence-electron chi connectivity index (χ4n) is 3.29. The van der Waals surface area contributed by atoms with Crippen LogP contribution in [0.5, 0.6) is 0 Å². The van der Waals surface area contributed by atoms with E-state index in [0.29, 0.717) is 0 Å². The van der Waals surface area contributed by atoms with Crippen molar-refractivity contribution < 1.29 is 5.11 Å². The van der Waals surface area contributed by atoms with Crippen LogP contribution in [0, 0.1) is 17.8 Å². The Morgan fingerprint density at radius 2 is 1.90 bits per heavy atom. The second-order valence-electron chi connectivity index (χ2n) is 4.45. The van der Waals surface area contributed by atoms with E-state index in [-0.39, 0.29) is 5.60 Å².